The molecule has 2 saturated carbocycles. The van der Waals surface area contributed by atoms with E-state index in [9.17, 15) is 0 Å². The molecular formula is C13H22O2. The summed E-state index contributed by atoms with van der Waals surface area (Å²) >= 11 is 0. The topological polar surface area (TPSA) is 29.5 Å². The van der Waals surface area contributed by atoms with Crippen LogP contribution in [0.2, 0.25) is 0 Å². The van der Waals surface area contributed by atoms with E-state index in [4.69, 9.17) is 9.84 Å². The predicted octanol–water partition coefficient (Wildman–Crippen LogP) is 2.35. The van der Waals surface area contributed by atoms with E-state index in [2.05, 4.69) is 13.8 Å². The molecule has 2 nitrogen and oxygen atoms in total. The Balaban J connectivity index is 1.94. The Morgan fingerprint density at radius 3 is 2.80 bits per heavy atom. The summed E-state index contributed by atoms with van der Waals surface area (Å²) in [5, 5.41) is 9.01. The van der Waals surface area contributed by atoms with Gasteiger partial charge < -0.3 is 9.84 Å². The van der Waals surface area contributed by atoms with Gasteiger partial charge in [-0.3, -0.25) is 0 Å². The van der Waals surface area contributed by atoms with Crippen molar-refractivity contribution in [2.45, 2.75) is 51.6 Å². The lowest BCUT2D eigenvalue weighted by molar-refractivity contribution is -0.0913. The zero-order valence-corrected chi connectivity index (χ0v) is 9.88. The highest BCUT2D eigenvalue weighted by Crippen LogP contribution is 2.75. The lowest BCUT2D eigenvalue weighted by atomic mass is 9.65. The molecule has 3 fully saturated rings. The van der Waals surface area contributed by atoms with Gasteiger partial charge in [-0.25, -0.2) is 0 Å². The second kappa shape index (κ2) is 2.78. The van der Waals surface area contributed by atoms with Crippen LogP contribution in [-0.2, 0) is 4.74 Å². The highest BCUT2D eigenvalue weighted by Gasteiger charge is 2.75. The maximum Gasteiger partial charge on any atom is 0.0745 e. The Bertz CT molecular complexity index is 290. The van der Waals surface area contributed by atoms with Gasteiger partial charge in [0, 0.05) is 17.4 Å². The van der Waals surface area contributed by atoms with Crippen LogP contribution in [-0.4, -0.2) is 23.9 Å². The number of ether oxygens (including phenoxy) is 1. The summed E-state index contributed by atoms with van der Waals surface area (Å²) in [7, 11) is 0. The Kier molecular flexibility index (Phi) is 1.87. The van der Waals surface area contributed by atoms with E-state index in [1.807, 2.05) is 0 Å². The lowest BCUT2D eigenvalue weighted by Crippen LogP contribution is -2.43. The number of rotatable bonds is 3. The van der Waals surface area contributed by atoms with E-state index in [1.54, 1.807) is 0 Å². The molecule has 1 aliphatic heterocycles. The number of hydrogen-bond acceptors (Lipinski definition) is 2. The summed E-state index contributed by atoms with van der Waals surface area (Å²) in [5.41, 5.74) is 0.940. The smallest absolute Gasteiger partial charge is 0.0745 e. The van der Waals surface area contributed by atoms with Crippen LogP contribution in [0.4, 0.5) is 0 Å². The van der Waals surface area contributed by atoms with Crippen LogP contribution in [0.15, 0.2) is 0 Å². The van der Waals surface area contributed by atoms with Crippen LogP contribution in [0, 0.1) is 16.7 Å². The van der Waals surface area contributed by atoms with Gasteiger partial charge in [-0.2, -0.15) is 0 Å². The second-order valence-corrected chi connectivity index (χ2v) is 6.30. The van der Waals surface area contributed by atoms with Crippen LogP contribution in [0.3, 0.4) is 0 Å². The van der Waals surface area contributed by atoms with Crippen molar-refractivity contribution in [3.8, 4) is 0 Å². The Morgan fingerprint density at radius 1 is 1.40 bits per heavy atom. The zero-order valence-electron chi connectivity index (χ0n) is 9.88. The molecule has 3 aliphatic rings. The molecule has 0 aromatic rings. The average molecular weight is 210 g/mol. The molecule has 4 atom stereocenters. The van der Waals surface area contributed by atoms with Gasteiger partial charge in [-0.05, 0) is 38.0 Å². The normalized spacial score (nSPS) is 56.6. The number of hydrogen-bond donors (Lipinski definition) is 1. The molecule has 0 aromatic carbocycles. The van der Waals surface area contributed by atoms with Crippen molar-refractivity contribution in [2.75, 3.05) is 13.2 Å². The first-order chi connectivity index (χ1) is 7.08. The van der Waals surface area contributed by atoms with Gasteiger partial charge in [-0.15, -0.1) is 0 Å². The second-order valence-electron chi connectivity index (χ2n) is 6.30. The molecule has 4 bridgehead atoms. The van der Waals surface area contributed by atoms with Crippen molar-refractivity contribution < 1.29 is 9.84 Å². The van der Waals surface area contributed by atoms with Crippen LogP contribution < -0.4 is 0 Å². The van der Waals surface area contributed by atoms with Gasteiger partial charge in [0.2, 0.25) is 0 Å². The summed E-state index contributed by atoms with van der Waals surface area (Å²) in [6.07, 6.45) is 5.95. The first-order valence-corrected chi connectivity index (χ1v) is 6.33. The van der Waals surface area contributed by atoms with Crippen molar-refractivity contribution in [2.24, 2.45) is 16.7 Å². The quantitative estimate of drug-likeness (QED) is 0.775. The SMILES string of the molecule is C[C@]12CC[C@@H]3C[C@@]1(CCCO)OC[C@@]32C. The molecular weight excluding hydrogens is 188 g/mol. The van der Waals surface area contributed by atoms with Gasteiger partial charge >= 0.3 is 0 Å². The van der Waals surface area contributed by atoms with Crippen LogP contribution in [0.1, 0.15) is 46.0 Å². The van der Waals surface area contributed by atoms with Crippen molar-refractivity contribution >= 4 is 0 Å². The predicted molar refractivity (Wildman–Crippen MR) is 58.6 cm³/mol. The fourth-order valence-electron chi connectivity index (χ4n) is 4.81. The summed E-state index contributed by atoms with van der Waals surface area (Å²) < 4.78 is 6.17. The lowest BCUT2D eigenvalue weighted by Gasteiger charge is -2.41. The third kappa shape index (κ3) is 0.898. The Hall–Kier alpha value is -0.0800. The molecule has 2 aliphatic carbocycles. The molecule has 1 saturated heterocycles. The summed E-state index contributed by atoms with van der Waals surface area (Å²) in [5.74, 6) is 0.884. The summed E-state index contributed by atoms with van der Waals surface area (Å²) in [4.78, 5) is 0. The van der Waals surface area contributed by atoms with Crippen molar-refractivity contribution in [1.29, 1.82) is 0 Å². The molecule has 0 spiro atoms. The van der Waals surface area contributed by atoms with E-state index in [0.717, 1.165) is 25.4 Å². The minimum atomic E-state index is 0.118. The number of aliphatic hydroxyl groups is 1. The molecule has 2 heteroatoms. The van der Waals surface area contributed by atoms with Crippen molar-refractivity contribution in [3.63, 3.8) is 0 Å². The van der Waals surface area contributed by atoms with E-state index in [-0.39, 0.29) is 5.60 Å². The fourth-order valence-corrected chi connectivity index (χ4v) is 4.81. The maximum atomic E-state index is 9.01. The van der Waals surface area contributed by atoms with Crippen LogP contribution >= 0.6 is 0 Å². The van der Waals surface area contributed by atoms with E-state index in [0.29, 0.717) is 17.4 Å². The first-order valence-electron chi connectivity index (χ1n) is 6.33. The molecule has 0 unspecified atom stereocenters. The molecule has 0 aromatic heterocycles. The van der Waals surface area contributed by atoms with Gasteiger partial charge in [0.15, 0.2) is 0 Å². The monoisotopic (exact) mass is 210 g/mol. The van der Waals surface area contributed by atoms with Crippen molar-refractivity contribution in [3.05, 3.63) is 0 Å². The third-order valence-electron chi connectivity index (χ3n) is 6.12. The van der Waals surface area contributed by atoms with Crippen LogP contribution in [0.25, 0.3) is 0 Å². The maximum absolute atomic E-state index is 9.01. The largest absolute Gasteiger partial charge is 0.396 e. The van der Waals surface area contributed by atoms with Crippen LogP contribution in [0.5, 0.6) is 0 Å². The van der Waals surface area contributed by atoms with E-state index in [1.165, 1.54) is 19.3 Å². The van der Waals surface area contributed by atoms with E-state index < -0.39 is 0 Å². The molecule has 1 heterocycles. The first kappa shape index (κ1) is 10.1. The van der Waals surface area contributed by atoms with Gasteiger partial charge in [0.05, 0.1) is 12.2 Å². The fraction of sp³-hybridized carbons (Fsp3) is 1.00. The zero-order chi connectivity index (χ0) is 10.7. The minimum absolute atomic E-state index is 0.118. The standard InChI is InChI=1S/C13H22O2/c1-11-9-15-13(5-3-7-14)8-10(11)4-6-12(11,13)2/h10,14H,3-9H2,1-2H3/t10-,11+,12-,13-/m1/s1. The van der Waals surface area contributed by atoms with E-state index >= 15 is 0 Å². The molecule has 86 valence electrons. The van der Waals surface area contributed by atoms with Crippen molar-refractivity contribution in [1.82, 2.24) is 0 Å². The Labute approximate surface area is 92.0 Å². The van der Waals surface area contributed by atoms with Gasteiger partial charge in [-0.1, -0.05) is 13.8 Å². The summed E-state index contributed by atoms with van der Waals surface area (Å²) in [6, 6.07) is 0. The highest BCUT2D eigenvalue weighted by atomic mass is 16.5. The molecule has 0 amide bonds. The summed E-state index contributed by atoms with van der Waals surface area (Å²) in [6.45, 7) is 6.13. The van der Waals surface area contributed by atoms with Gasteiger partial charge in [0.25, 0.3) is 0 Å². The molecule has 3 rings (SSSR count). The van der Waals surface area contributed by atoms with Gasteiger partial charge in [0.1, 0.15) is 0 Å². The third-order valence-corrected chi connectivity index (χ3v) is 6.12. The molecule has 0 radical (unpaired) electrons. The highest BCUT2D eigenvalue weighted by molar-refractivity contribution is 5.23. The Morgan fingerprint density at radius 2 is 2.20 bits per heavy atom. The number of aliphatic hydroxyl groups excluding tert-OH is 1. The average Bonchev–Trinajstić information content (AvgIpc) is 2.68. The molecule has 15 heavy (non-hydrogen) atoms. The minimum Gasteiger partial charge on any atom is -0.396 e. The molecule has 1 N–H and O–H groups in total.